The predicted octanol–water partition coefficient (Wildman–Crippen LogP) is 3.31. The normalized spacial score (nSPS) is 16.1. The van der Waals surface area contributed by atoms with Crippen LogP contribution in [0.2, 0.25) is 0 Å². The van der Waals surface area contributed by atoms with E-state index in [0.717, 1.165) is 36.3 Å². The Hall–Kier alpha value is -1.54. The van der Waals surface area contributed by atoms with E-state index in [-0.39, 0.29) is 11.3 Å². The fraction of sp³-hybridized carbons (Fsp3) is 0.357. The number of ether oxygens (including phenoxy) is 1. The Morgan fingerprint density at radius 2 is 1.95 bits per heavy atom. The van der Waals surface area contributed by atoms with E-state index in [9.17, 15) is 13.2 Å². The maximum Gasteiger partial charge on any atom is 0.573 e. The van der Waals surface area contributed by atoms with Gasteiger partial charge < -0.3 is 15.0 Å². The number of nitrogens with one attached hydrogen (secondary N) is 1. The van der Waals surface area contributed by atoms with E-state index in [2.05, 4.69) is 35.9 Å². The minimum atomic E-state index is -4.74. The maximum absolute atomic E-state index is 12.5. The lowest BCUT2D eigenvalue weighted by Crippen LogP contribution is -2.43. The van der Waals surface area contributed by atoms with Crippen molar-refractivity contribution in [2.75, 3.05) is 31.1 Å². The van der Waals surface area contributed by atoms with Gasteiger partial charge in [-0.25, -0.2) is 0 Å². The lowest BCUT2D eigenvalue weighted by molar-refractivity contribution is -0.274. The molecule has 0 bridgehead atoms. The molecule has 3 rings (SSSR count). The van der Waals surface area contributed by atoms with Gasteiger partial charge in [-0.2, -0.15) is 0 Å². The Kier molecular flexibility index (Phi) is 4.14. The molecule has 1 aromatic heterocycles. The zero-order valence-electron chi connectivity index (χ0n) is 11.5. The highest BCUT2D eigenvalue weighted by Crippen LogP contribution is 2.38. The Morgan fingerprint density at radius 1 is 1.23 bits per heavy atom. The number of nitrogens with zero attached hydrogens (tertiary/aromatic N) is 2. The number of fused-ring (bicyclic) bond motifs is 1. The average Bonchev–Trinajstić information content (AvgIpc) is 2.46. The number of hydrogen-bond donors (Lipinski definition) is 1. The second kappa shape index (κ2) is 5.92. The fourth-order valence-electron chi connectivity index (χ4n) is 2.57. The molecule has 1 aliphatic rings. The third kappa shape index (κ3) is 3.12. The van der Waals surface area contributed by atoms with Crippen molar-refractivity contribution in [1.29, 1.82) is 0 Å². The van der Waals surface area contributed by atoms with Gasteiger partial charge in [-0.1, -0.05) is 12.1 Å². The smallest absolute Gasteiger partial charge is 0.403 e. The number of alkyl halides is 3. The third-order valence-electron chi connectivity index (χ3n) is 3.45. The van der Waals surface area contributed by atoms with Crippen molar-refractivity contribution in [2.45, 2.75) is 6.36 Å². The minimum absolute atomic E-state index is 0.205. The average molecular weight is 376 g/mol. The Bertz CT molecular complexity index is 687. The van der Waals surface area contributed by atoms with Crippen molar-refractivity contribution in [3.8, 4) is 5.75 Å². The molecule has 0 amide bonds. The Morgan fingerprint density at radius 3 is 2.64 bits per heavy atom. The molecule has 118 valence electrons. The number of pyridine rings is 1. The first-order valence-corrected chi connectivity index (χ1v) is 7.53. The van der Waals surface area contributed by atoms with Crippen LogP contribution in [0.4, 0.5) is 18.9 Å². The summed E-state index contributed by atoms with van der Waals surface area (Å²) in [5.41, 5.74) is 1.05. The van der Waals surface area contributed by atoms with Crippen LogP contribution in [0.1, 0.15) is 0 Å². The summed E-state index contributed by atoms with van der Waals surface area (Å²) in [6.45, 7) is 3.22. The SMILES string of the molecule is FC(F)(F)Oc1cccc2c(N3CCNCC3)c(Br)cnc12. The molecule has 4 nitrogen and oxygen atoms in total. The summed E-state index contributed by atoms with van der Waals surface area (Å²) >= 11 is 3.45. The molecule has 0 unspecified atom stereocenters. The highest BCUT2D eigenvalue weighted by molar-refractivity contribution is 9.10. The highest BCUT2D eigenvalue weighted by Gasteiger charge is 2.32. The number of piperazine rings is 1. The zero-order chi connectivity index (χ0) is 15.7. The van der Waals surface area contributed by atoms with Gasteiger partial charge in [0.25, 0.3) is 0 Å². The summed E-state index contributed by atoms with van der Waals surface area (Å²) in [5, 5.41) is 3.89. The summed E-state index contributed by atoms with van der Waals surface area (Å²) in [5.74, 6) is -0.283. The van der Waals surface area contributed by atoms with Crippen molar-refractivity contribution in [2.24, 2.45) is 0 Å². The summed E-state index contributed by atoms with van der Waals surface area (Å²) < 4.78 is 42.4. The topological polar surface area (TPSA) is 37.4 Å². The van der Waals surface area contributed by atoms with E-state index in [0.29, 0.717) is 5.39 Å². The first-order valence-electron chi connectivity index (χ1n) is 6.74. The molecule has 1 aromatic carbocycles. The molecule has 1 fully saturated rings. The standard InChI is InChI=1S/C14H13BrF3N3O/c15-10-8-20-12-9(13(10)21-6-4-19-5-7-21)2-1-3-11(12)22-14(16,17)18/h1-3,8,19H,4-7H2. The van der Waals surface area contributed by atoms with Crippen molar-refractivity contribution in [3.05, 3.63) is 28.9 Å². The number of anilines is 1. The van der Waals surface area contributed by atoms with Gasteiger partial charge in [-0.3, -0.25) is 4.98 Å². The first-order chi connectivity index (χ1) is 10.5. The van der Waals surface area contributed by atoms with E-state index in [1.807, 2.05) is 0 Å². The van der Waals surface area contributed by atoms with Crippen LogP contribution in [-0.2, 0) is 0 Å². The van der Waals surface area contributed by atoms with Crippen molar-refractivity contribution < 1.29 is 17.9 Å². The highest BCUT2D eigenvalue weighted by atomic mass is 79.9. The molecule has 0 saturated carbocycles. The molecule has 2 heterocycles. The van der Waals surface area contributed by atoms with Crippen molar-refractivity contribution >= 4 is 32.5 Å². The van der Waals surface area contributed by atoms with Crippen LogP contribution in [0.3, 0.4) is 0 Å². The van der Waals surface area contributed by atoms with Crippen LogP contribution >= 0.6 is 15.9 Å². The monoisotopic (exact) mass is 375 g/mol. The van der Waals surface area contributed by atoms with Crippen LogP contribution < -0.4 is 15.0 Å². The number of halogens is 4. The van der Waals surface area contributed by atoms with Crippen LogP contribution in [0, 0.1) is 0 Å². The second-order valence-electron chi connectivity index (χ2n) is 4.89. The van der Waals surface area contributed by atoms with Crippen LogP contribution in [-0.4, -0.2) is 37.5 Å². The molecule has 0 radical (unpaired) electrons. The van der Waals surface area contributed by atoms with E-state index < -0.39 is 6.36 Å². The summed E-state index contributed by atoms with van der Waals surface area (Å²) in [7, 11) is 0. The molecule has 1 saturated heterocycles. The lowest BCUT2D eigenvalue weighted by atomic mass is 10.1. The number of aromatic nitrogens is 1. The third-order valence-corrected chi connectivity index (χ3v) is 4.03. The molecule has 0 aliphatic carbocycles. The predicted molar refractivity (Wildman–Crippen MR) is 81.2 cm³/mol. The van der Waals surface area contributed by atoms with E-state index in [4.69, 9.17) is 0 Å². The molecule has 8 heteroatoms. The molecular formula is C14H13BrF3N3O. The summed E-state index contributed by atoms with van der Waals surface area (Å²) in [4.78, 5) is 6.23. The summed E-state index contributed by atoms with van der Waals surface area (Å²) in [6, 6.07) is 4.58. The quantitative estimate of drug-likeness (QED) is 0.873. The van der Waals surface area contributed by atoms with Crippen molar-refractivity contribution in [3.63, 3.8) is 0 Å². The summed E-state index contributed by atoms with van der Waals surface area (Å²) in [6.07, 6.45) is -3.22. The largest absolute Gasteiger partial charge is 0.573 e. The molecule has 22 heavy (non-hydrogen) atoms. The fourth-order valence-corrected chi connectivity index (χ4v) is 3.14. The van der Waals surface area contributed by atoms with E-state index in [1.54, 1.807) is 12.1 Å². The number of para-hydroxylation sites is 1. The van der Waals surface area contributed by atoms with Gasteiger partial charge in [0, 0.05) is 37.8 Å². The van der Waals surface area contributed by atoms with Gasteiger partial charge in [0.15, 0.2) is 5.75 Å². The Labute approximate surface area is 133 Å². The zero-order valence-corrected chi connectivity index (χ0v) is 13.0. The molecule has 2 aromatic rings. The first kappa shape index (κ1) is 15.4. The van der Waals surface area contributed by atoms with Crippen LogP contribution in [0.15, 0.2) is 28.9 Å². The second-order valence-corrected chi connectivity index (χ2v) is 5.75. The molecule has 0 atom stereocenters. The van der Waals surface area contributed by atoms with E-state index >= 15 is 0 Å². The van der Waals surface area contributed by atoms with Crippen molar-refractivity contribution in [1.82, 2.24) is 10.3 Å². The maximum atomic E-state index is 12.5. The van der Waals surface area contributed by atoms with Gasteiger partial charge >= 0.3 is 6.36 Å². The van der Waals surface area contributed by atoms with Gasteiger partial charge in [0.2, 0.25) is 0 Å². The molecule has 0 spiro atoms. The number of hydrogen-bond acceptors (Lipinski definition) is 4. The minimum Gasteiger partial charge on any atom is -0.403 e. The van der Waals surface area contributed by atoms with E-state index in [1.165, 1.54) is 12.3 Å². The number of benzene rings is 1. The molecular weight excluding hydrogens is 363 g/mol. The van der Waals surface area contributed by atoms with Gasteiger partial charge in [0.1, 0.15) is 5.52 Å². The lowest BCUT2D eigenvalue weighted by Gasteiger charge is -2.31. The van der Waals surface area contributed by atoms with Crippen LogP contribution in [0.5, 0.6) is 5.75 Å². The van der Waals surface area contributed by atoms with Gasteiger partial charge in [-0.15, -0.1) is 13.2 Å². The van der Waals surface area contributed by atoms with Gasteiger partial charge in [0.05, 0.1) is 10.2 Å². The number of rotatable bonds is 2. The van der Waals surface area contributed by atoms with Crippen LogP contribution in [0.25, 0.3) is 10.9 Å². The molecule has 1 N–H and O–H groups in total. The van der Waals surface area contributed by atoms with Gasteiger partial charge in [-0.05, 0) is 22.0 Å². The Balaban J connectivity index is 2.12. The molecule has 1 aliphatic heterocycles.